The quantitative estimate of drug-likeness (QED) is 0.260. The van der Waals surface area contributed by atoms with Crippen molar-refractivity contribution < 1.29 is 4.79 Å². The number of hydrogen-bond donors (Lipinski definition) is 2. The zero-order valence-corrected chi connectivity index (χ0v) is 24.1. The number of nitrogens with one attached hydrogen (secondary N) is 1. The third kappa shape index (κ3) is 18.2. The molecule has 2 unspecified atom stereocenters. The van der Waals surface area contributed by atoms with Crippen LogP contribution in [0.25, 0.3) is 0 Å². The Kier molecular flexibility index (Phi) is 24.2. The molecule has 2 fully saturated rings. The number of carbonyl (C=O) groups is 1. The van der Waals surface area contributed by atoms with Crippen molar-refractivity contribution in [3.63, 3.8) is 0 Å². The van der Waals surface area contributed by atoms with Crippen LogP contribution in [-0.2, 0) is 4.79 Å². The van der Waals surface area contributed by atoms with E-state index < -0.39 is 0 Å². The highest BCUT2D eigenvalue weighted by Gasteiger charge is 2.21. The number of rotatable bonds is 9. The molecule has 0 spiro atoms. The van der Waals surface area contributed by atoms with E-state index in [9.17, 15) is 4.79 Å². The maximum atomic E-state index is 10.9. The first-order valence-electron chi connectivity index (χ1n) is 14.1. The Morgan fingerprint density at radius 2 is 1.62 bits per heavy atom. The van der Waals surface area contributed by atoms with Crippen molar-refractivity contribution in [3.05, 3.63) is 36.5 Å². The monoisotopic (exact) mass is 476 g/mol. The Labute approximate surface area is 214 Å². The molecule has 0 bridgehead atoms. The molecule has 200 valence electrons. The summed E-state index contributed by atoms with van der Waals surface area (Å²) < 4.78 is 0. The van der Waals surface area contributed by atoms with Gasteiger partial charge in [0.15, 0.2) is 0 Å². The van der Waals surface area contributed by atoms with E-state index in [1.54, 1.807) is 6.92 Å². The average Bonchev–Trinajstić information content (AvgIpc) is 2.84. The van der Waals surface area contributed by atoms with E-state index in [4.69, 9.17) is 5.73 Å². The van der Waals surface area contributed by atoms with Gasteiger partial charge in [-0.3, -0.25) is 4.79 Å². The van der Waals surface area contributed by atoms with Crippen molar-refractivity contribution in [1.29, 1.82) is 0 Å². The third-order valence-electron chi connectivity index (χ3n) is 7.25. The summed E-state index contributed by atoms with van der Waals surface area (Å²) in [5.74, 6) is 3.51. The molecule has 2 rings (SSSR count). The minimum Gasteiger partial charge on any atom is -0.330 e. The SMILES string of the molecule is C=C/C=C(/C)C(=C)CCC1CCCCC1C.CC.CC(=O)C1CCC(C)CC1.CNCCCN. The second-order valence-corrected chi connectivity index (χ2v) is 10.1. The fraction of sp³-hybridized carbons (Fsp3) is 0.774. The van der Waals surface area contributed by atoms with E-state index in [0.717, 1.165) is 56.5 Å². The first-order chi connectivity index (χ1) is 16.3. The zero-order valence-electron chi connectivity index (χ0n) is 24.1. The molecular formula is C31H60N2O. The number of carbonyl (C=O) groups excluding carboxylic acids is 1. The predicted octanol–water partition coefficient (Wildman–Crippen LogP) is 8.26. The van der Waals surface area contributed by atoms with Gasteiger partial charge in [-0.2, -0.15) is 0 Å². The van der Waals surface area contributed by atoms with Gasteiger partial charge in [-0.05, 0) is 89.4 Å². The molecule has 2 aliphatic rings. The molecule has 34 heavy (non-hydrogen) atoms. The van der Waals surface area contributed by atoms with Crippen LogP contribution in [0.4, 0.5) is 0 Å². The molecule has 3 nitrogen and oxygen atoms in total. The van der Waals surface area contributed by atoms with Crippen molar-refractivity contribution in [3.8, 4) is 0 Å². The van der Waals surface area contributed by atoms with Gasteiger partial charge in [0.05, 0.1) is 0 Å². The van der Waals surface area contributed by atoms with E-state index in [2.05, 4.69) is 45.3 Å². The molecule has 0 saturated heterocycles. The number of allylic oxidation sites excluding steroid dienone is 4. The fourth-order valence-electron chi connectivity index (χ4n) is 4.62. The first-order valence-corrected chi connectivity index (χ1v) is 14.1. The van der Waals surface area contributed by atoms with Gasteiger partial charge < -0.3 is 11.1 Å². The molecule has 2 saturated carbocycles. The van der Waals surface area contributed by atoms with E-state index in [-0.39, 0.29) is 0 Å². The van der Waals surface area contributed by atoms with Crippen molar-refractivity contribution in [1.82, 2.24) is 5.32 Å². The van der Waals surface area contributed by atoms with Gasteiger partial charge in [0, 0.05) is 5.92 Å². The van der Waals surface area contributed by atoms with E-state index in [1.807, 2.05) is 27.0 Å². The van der Waals surface area contributed by atoms with Crippen molar-refractivity contribution in [2.75, 3.05) is 20.1 Å². The summed E-state index contributed by atoms with van der Waals surface area (Å²) in [6, 6.07) is 0. The Balaban J connectivity index is 0. The van der Waals surface area contributed by atoms with Gasteiger partial charge in [-0.15, -0.1) is 0 Å². The Morgan fingerprint density at radius 1 is 1.03 bits per heavy atom. The number of nitrogens with two attached hydrogens (primary N) is 1. The van der Waals surface area contributed by atoms with Gasteiger partial charge in [-0.1, -0.05) is 97.1 Å². The molecule has 2 atom stereocenters. The zero-order chi connectivity index (χ0) is 26.4. The van der Waals surface area contributed by atoms with Crippen molar-refractivity contribution in [2.45, 2.75) is 112 Å². The lowest BCUT2D eigenvalue weighted by Gasteiger charge is -2.29. The van der Waals surface area contributed by atoms with Gasteiger partial charge in [0.2, 0.25) is 0 Å². The summed E-state index contributed by atoms with van der Waals surface area (Å²) in [4.78, 5) is 10.9. The van der Waals surface area contributed by atoms with Crippen LogP contribution in [0.15, 0.2) is 36.5 Å². The highest BCUT2D eigenvalue weighted by molar-refractivity contribution is 5.78. The fourth-order valence-corrected chi connectivity index (χ4v) is 4.62. The third-order valence-corrected chi connectivity index (χ3v) is 7.25. The maximum absolute atomic E-state index is 10.9. The van der Waals surface area contributed by atoms with Gasteiger partial charge in [-0.25, -0.2) is 0 Å². The molecule has 0 aliphatic heterocycles. The van der Waals surface area contributed by atoms with Crippen LogP contribution in [0.1, 0.15) is 112 Å². The van der Waals surface area contributed by atoms with E-state index >= 15 is 0 Å². The Morgan fingerprint density at radius 3 is 2.06 bits per heavy atom. The van der Waals surface area contributed by atoms with Gasteiger partial charge in [0.1, 0.15) is 5.78 Å². The summed E-state index contributed by atoms with van der Waals surface area (Å²) >= 11 is 0. The molecule has 0 heterocycles. The standard InChI is InChI=1S/C16H26.C9H16O.C4H12N2.C2H6/c1-5-8-13(2)14(3)11-12-16-10-7-6-9-15(16)4;1-7-3-5-9(6-4-7)8(2)10;1-6-4-2-3-5;1-2/h5,8,15-16H,1,3,6-7,9-12H2,2,4H3;7,9H,3-6H2,1-2H3;6H,2-5H2,1H3;1-2H3/b13-8-;;;. The van der Waals surface area contributed by atoms with Gasteiger partial charge in [0.25, 0.3) is 0 Å². The molecule has 0 amide bonds. The average molecular weight is 477 g/mol. The summed E-state index contributed by atoms with van der Waals surface area (Å²) in [5.41, 5.74) is 7.75. The van der Waals surface area contributed by atoms with Crippen LogP contribution in [0.2, 0.25) is 0 Å². The highest BCUT2D eigenvalue weighted by atomic mass is 16.1. The largest absolute Gasteiger partial charge is 0.330 e. The molecule has 3 N–H and O–H groups in total. The van der Waals surface area contributed by atoms with Crippen LogP contribution in [0, 0.1) is 23.7 Å². The minimum atomic E-state index is 0.395. The van der Waals surface area contributed by atoms with Crippen LogP contribution < -0.4 is 11.1 Å². The molecule has 0 radical (unpaired) electrons. The van der Waals surface area contributed by atoms with Crippen LogP contribution in [-0.4, -0.2) is 25.9 Å². The summed E-state index contributed by atoms with van der Waals surface area (Å²) in [6.07, 6.45) is 18.0. The maximum Gasteiger partial charge on any atom is 0.132 e. The molecule has 2 aliphatic carbocycles. The summed E-state index contributed by atoms with van der Waals surface area (Å²) in [5, 5.41) is 2.99. The Hall–Kier alpha value is -1.19. The van der Waals surface area contributed by atoms with Crippen molar-refractivity contribution in [2.24, 2.45) is 29.4 Å². The lowest BCUT2D eigenvalue weighted by atomic mass is 9.77. The molecule has 0 aromatic rings. The minimum absolute atomic E-state index is 0.395. The predicted molar refractivity (Wildman–Crippen MR) is 154 cm³/mol. The second kappa shape index (κ2) is 23.5. The summed E-state index contributed by atoms with van der Waals surface area (Å²) in [7, 11) is 1.93. The lowest BCUT2D eigenvalue weighted by molar-refractivity contribution is -0.121. The summed E-state index contributed by atoms with van der Waals surface area (Å²) in [6.45, 7) is 22.3. The first kappa shape index (κ1) is 35.0. The highest BCUT2D eigenvalue weighted by Crippen LogP contribution is 2.34. The molecular weight excluding hydrogens is 416 g/mol. The van der Waals surface area contributed by atoms with Crippen molar-refractivity contribution >= 4 is 5.78 Å². The smallest absolute Gasteiger partial charge is 0.132 e. The van der Waals surface area contributed by atoms with Crippen LogP contribution in [0.5, 0.6) is 0 Å². The topological polar surface area (TPSA) is 55.1 Å². The van der Waals surface area contributed by atoms with E-state index in [0.29, 0.717) is 11.7 Å². The molecule has 0 aromatic carbocycles. The second-order valence-electron chi connectivity index (χ2n) is 10.1. The number of ketones is 1. The normalized spacial score (nSPS) is 24.2. The Bertz CT molecular complexity index is 540. The van der Waals surface area contributed by atoms with Crippen LogP contribution in [0.3, 0.4) is 0 Å². The lowest BCUT2D eigenvalue weighted by Crippen LogP contribution is -2.18. The van der Waals surface area contributed by atoms with E-state index in [1.165, 1.54) is 56.1 Å². The van der Waals surface area contributed by atoms with Gasteiger partial charge >= 0.3 is 0 Å². The molecule has 3 heteroatoms. The van der Waals surface area contributed by atoms with Crippen LogP contribution >= 0.6 is 0 Å². The number of Topliss-reactive ketones (excluding diaryl/α,β-unsaturated/α-hetero) is 1. The molecule has 0 aromatic heterocycles. The number of hydrogen-bond acceptors (Lipinski definition) is 3.